The molecule has 92 valence electrons. The van der Waals surface area contributed by atoms with Crippen LogP contribution in [0.4, 0.5) is 8.78 Å². The molecule has 4 nitrogen and oxygen atoms in total. The molecule has 0 saturated heterocycles. The Labute approximate surface area is 101 Å². The van der Waals surface area contributed by atoms with Crippen LogP contribution in [0.1, 0.15) is 10.5 Å². The van der Waals surface area contributed by atoms with Gasteiger partial charge in [-0.1, -0.05) is 0 Å². The number of aromatic nitrogens is 1. The molecule has 0 saturated carbocycles. The highest BCUT2D eigenvalue weighted by atomic mass is 19.1. The molecule has 1 heterocycles. The van der Waals surface area contributed by atoms with Gasteiger partial charge in [-0.25, -0.2) is 8.78 Å². The lowest BCUT2D eigenvalue weighted by atomic mass is 10.3. The average Bonchev–Trinajstić information content (AvgIpc) is 2.33. The Morgan fingerprint density at radius 1 is 1.22 bits per heavy atom. The lowest BCUT2D eigenvalue weighted by Crippen LogP contribution is -2.12. The van der Waals surface area contributed by atoms with Crippen molar-refractivity contribution in [3.63, 3.8) is 0 Å². The molecule has 2 aromatic rings. The van der Waals surface area contributed by atoms with Crippen LogP contribution in [-0.2, 0) is 0 Å². The van der Waals surface area contributed by atoms with Gasteiger partial charge in [-0.2, -0.15) is 0 Å². The lowest BCUT2D eigenvalue weighted by molar-refractivity contribution is 0.0995. The molecular formula is C12H8F2N2O2. The number of amides is 1. The van der Waals surface area contributed by atoms with Crippen LogP contribution in [0.3, 0.4) is 0 Å². The van der Waals surface area contributed by atoms with E-state index in [0.29, 0.717) is 6.07 Å². The molecule has 0 bridgehead atoms. The van der Waals surface area contributed by atoms with Crippen LogP contribution in [0.25, 0.3) is 0 Å². The van der Waals surface area contributed by atoms with Gasteiger partial charge in [-0.05, 0) is 18.2 Å². The maximum absolute atomic E-state index is 13.3. The zero-order chi connectivity index (χ0) is 13.1. The summed E-state index contributed by atoms with van der Waals surface area (Å²) in [4.78, 5) is 14.6. The number of carbonyl (C=O) groups excluding carboxylic acids is 1. The summed E-state index contributed by atoms with van der Waals surface area (Å²) in [5.41, 5.74) is 5.04. The van der Waals surface area contributed by atoms with Crippen molar-refractivity contribution in [2.45, 2.75) is 0 Å². The Balaban J connectivity index is 2.28. The summed E-state index contributed by atoms with van der Waals surface area (Å²) in [6.07, 6.45) is 1.30. The van der Waals surface area contributed by atoms with Crippen LogP contribution in [-0.4, -0.2) is 10.9 Å². The molecule has 0 aliphatic rings. The number of nitrogens with two attached hydrogens (primary N) is 1. The SMILES string of the molecule is NC(=O)c1cc(Oc2ccc(F)cc2F)ccn1. The third kappa shape index (κ3) is 2.60. The second-order valence-electron chi connectivity index (χ2n) is 3.42. The van der Waals surface area contributed by atoms with E-state index in [-0.39, 0.29) is 17.2 Å². The maximum Gasteiger partial charge on any atom is 0.267 e. The van der Waals surface area contributed by atoms with E-state index in [9.17, 15) is 13.6 Å². The predicted octanol–water partition coefficient (Wildman–Crippen LogP) is 2.25. The van der Waals surface area contributed by atoms with Crippen LogP contribution >= 0.6 is 0 Å². The number of carbonyl (C=O) groups is 1. The molecule has 1 amide bonds. The number of benzene rings is 1. The highest BCUT2D eigenvalue weighted by Gasteiger charge is 2.08. The van der Waals surface area contributed by atoms with Crippen LogP contribution in [0.2, 0.25) is 0 Å². The van der Waals surface area contributed by atoms with Gasteiger partial charge in [-0.15, -0.1) is 0 Å². The molecular weight excluding hydrogens is 242 g/mol. The van der Waals surface area contributed by atoms with Crippen LogP contribution < -0.4 is 10.5 Å². The molecule has 6 heteroatoms. The van der Waals surface area contributed by atoms with E-state index < -0.39 is 17.5 Å². The maximum atomic E-state index is 13.3. The van der Waals surface area contributed by atoms with Crippen molar-refractivity contribution in [3.05, 3.63) is 53.9 Å². The molecule has 18 heavy (non-hydrogen) atoms. The summed E-state index contributed by atoms with van der Waals surface area (Å²) in [6.45, 7) is 0. The molecule has 0 radical (unpaired) electrons. The first kappa shape index (κ1) is 12.0. The Hall–Kier alpha value is -2.50. The third-order valence-electron chi connectivity index (χ3n) is 2.11. The van der Waals surface area contributed by atoms with Gasteiger partial charge in [-0.3, -0.25) is 9.78 Å². The molecule has 0 aliphatic heterocycles. The number of hydrogen-bond donors (Lipinski definition) is 1. The Kier molecular flexibility index (Phi) is 3.18. The molecule has 0 unspecified atom stereocenters. The second-order valence-corrected chi connectivity index (χ2v) is 3.42. The number of hydrogen-bond acceptors (Lipinski definition) is 3. The quantitative estimate of drug-likeness (QED) is 0.908. The standard InChI is InChI=1S/C12H8F2N2O2/c13-7-1-2-11(9(14)5-7)18-8-3-4-16-10(6-8)12(15)17/h1-6H,(H2,15,17). The first-order valence-electron chi connectivity index (χ1n) is 4.95. The van der Waals surface area contributed by atoms with E-state index in [4.69, 9.17) is 10.5 Å². The summed E-state index contributed by atoms with van der Waals surface area (Å²) in [6, 6.07) is 5.61. The number of rotatable bonds is 3. The first-order valence-corrected chi connectivity index (χ1v) is 4.95. The van der Waals surface area contributed by atoms with Gasteiger partial charge in [0.15, 0.2) is 11.6 Å². The number of nitrogens with zero attached hydrogens (tertiary/aromatic N) is 1. The fraction of sp³-hybridized carbons (Fsp3) is 0. The number of pyridine rings is 1. The Morgan fingerprint density at radius 3 is 2.67 bits per heavy atom. The van der Waals surface area contributed by atoms with Crippen molar-refractivity contribution in [3.8, 4) is 11.5 Å². The topological polar surface area (TPSA) is 65.2 Å². The number of halogens is 2. The van der Waals surface area contributed by atoms with E-state index in [0.717, 1.165) is 12.1 Å². The summed E-state index contributed by atoms with van der Waals surface area (Å²) >= 11 is 0. The minimum atomic E-state index is -0.840. The van der Waals surface area contributed by atoms with E-state index in [1.807, 2.05) is 0 Å². The van der Waals surface area contributed by atoms with Gasteiger partial charge < -0.3 is 10.5 Å². The Bertz CT molecular complexity index is 602. The molecule has 0 aliphatic carbocycles. The number of ether oxygens (including phenoxy) is 1. The van der Waals surface area contributed by atoms with Crippen molar-refractivity contribution in [1.29, 1.82) is 0 Å². The summed E-state index contributed by atoms with van der Waals surface area (Å²) in [5.74, 6) is -2.23. The van der Waals surface area contributed by atoms with Crippen LogP contribution in [0, 0.1) is 11.6 Å². The van der Waals surface area contributed by atoms with E-state index >= 15 is 0 Å². The normalized spacial score (nSPS) is 10.1. The molecule has 0 fully saturated rings. The van der Waals surface area contributed by atoms with Gasteiger partial charge in [0.2, 0.25) is 0 Å². The monoisotopic (exact) mass is 250 g/mol. The Morgan fingerprint density at radius 2 is 2.00 bits per heavy atom. The van der Waals surface area contributed by atoms with Crippen molar-refractivity contribution in [2.24, 2.45) is 5.73 Å². The second kappa shape index (κ2) is 4.79. The van der Waals surface area contributed by atoms with Crippen LogP contribution in [0.5, 0.6) is 11.5 Å². The zero-order valence-corrected chi connectivity index (χ0v) is 9.06. The van der Waals surface area contributed by atoms with Crippen molar-refractivity contribution >= 4 is 5.91 Å². The molecule has 1 aromatic carbocycles. The fourth-order valence-corrected chi connectivity index (χ4v) is 1.29. The smallest absolute Gasteiger partial charge is 0.267 e. The molecule has 0 atom stereocenters. The van der Waals surface area contributed by atoms with E-state index in [1.54, 1.807) is 0 Å². The largest absolute Gasteiger partial charge is 0.454 e. The van der Waals surface area contributed by atoms with Gasteiger partial charge in [0.25, 0.3) is 5.91 Å². The lowest BCUT2D eigenvalue weighted by Gasteiger charge is -2.07. The van der Waals surface area contributed by atoms with Gasteiger partial charge in [0, 0.05) is 18.3 Å². The summed E-state index contributed by atoms with van der Waals surface area (Å²) in [7, 11) is 0. The van der Waals surface area contributed by atoms with Crippen molar-refractivity contribution in [1.82, 2.24) is 4.98 Å². The molecule has 1 aromatic heterocycles. The third-order valence-corrected chi connectivity index (χ3v) is 2.11. The minimum absolute atomic E-state index is 0.00461. The first-order chi connectivity index (χ1) is 8.56. The van der Waals surface area contributed by atoms with Crippen molar-refractivity contribution < 1.29 is 18.3 Å². The molecule has 2 rings (SSSR count). The molecule has 0 spiro atoms. The van der Waals surface area contributed by atoms with Crippen LogP contribution in [0.15, 0.2) is 36.5 Å². The number of primary amides is 1. The molecule has 2 N–H and O–H groups in total. The van der Waals surface area contributed by atoms with E-state index in [1.165, 1.54) is 18.3 Å². The van der Waals surface area contributed by atoms with Crippen molar-refractivity contribution in [2.75, 3.05) is 0 Å². The van der Waals surface area contributed by atoms with Gasteiger partial charge in [0.05, 0.1) is 0 Å². The van der Waals surface area contributed by atoms with Gasteiger partial charge in [0.1, 0.15) is 17.3 Å². The predicted molar refractivity (Wildman–Crippen MR) is 59.2 cm³/mol. The van der Waals surface area contributed by atoms with Gasteiger partial charge >= 0.3 is 0 Å². The summed E-state index contributed by atoms with van der Waals surface area (Å²) < 4.78 is 31.2. The highest BCUT2D eigenvalue weighted by molar-refractivity contribution is 5.91. The highest BCUT2D eigenvalue weighted by Crippen LogP contribution is 2.24. The summed E-state index contributed by atoms with van der Waals surface area (Å²) in [5, 5.41) is 0. The minimum Gasteiger partial charge on any atom is -0.454 e. The van der Waals surface area contributed by atoms with E-state index in [2.05, 4.69) is 4.98 Å². The zero-order valence-electron chi connectivity index (χ0n) is 9.06. The average molecular weight is 250 g/mol. The fourth-order valence-electron chi connectivity index (χ4n) is 1.29.